The Morgan fingerprint density at radius 3 is 1.70 bits per heavy atom. The molecular weight excluding hydrogens is 661 g/mol. The zero-order valence-corrected chi connectivity index (χ0v) is 29.0. The second-order valence-corrected chi connectivity index (χ2v) is 13.6. The SMILES string of the molecule is c1ccc(-c2nc(-c3ccccc3)nc(-c3ccc(-n4c5ccccc5c5cc(-c6cccc7c6oc6ccccc67)ccc54)c4ccccc34)n2)cc1. The summed E-state index contributed by atoms with van der Waals surface area (Å²) in [7, 11) is 0. The van der Waals surface area contributed by atoms with Gasteiger partial charge in [0.1, 0.15) is 11.2 Å². The van der Waals surface area contributed by atoms with Gasteiger partial charge in [0, 0.05) is 49.2 Å². The smallest absolute Gasteiger partial charge is 0.164 e. The van der Waals surface area contributed by atoms with Crippen LogP contribution in [0.25, 0.3) is 105 Å². The maximum atomic E-state index is 6.45. The molecule has 3 heterocycles. The van der Waals surface area contributed by atoms with Crippen LogP contribution in [0.2, 0.25) is 0 Å². The molecule has 11 rings (SSSR count). The van der Waals surface area contributed by atoms with Crippen molar-refractivity contribution >= 4 is 54.5 Å². The van der Waals surface area contributed by atoms with Gasteiger partial charge in [-0.3, -0.25) is 0 Å². The highest BCUT2D eigenvalue weighted by atomic mass is 16.3. The lowest BCUT2D eigenvalue weighted by molar-refractivity contribution is 0.670. The van der Waals surface area contributed by atoms with E-state index in [0.29, 0.717) is 17.5 Å². The first-order chi connectivity index (χ1) is 26.8. The molecule has 0 fully saturated rings. The van der Waals surface area contributed by atoms with Crippen LogP contribution in [0.5, 0.6) is 0 Å². The molecule has 0 aliphatic heterocycles. The first-order valence-electron chi connectivity index (χ1n) is 18.1. The van der Waals surface area contributed by atoms with Crippen LogP contribution in [0.1, 0.15) is 0 Å². The van der Waals surface area contributed by atoms with Crippen molar-refractivity contribution in [2.24, 2.45) is 0 Å². The number of hydrogen-bond acceptors (Lipinski definition) is 4. The fraction of sp³-hybridized carbons (Fsp3) is 0. The molecule has 0 amide bonds. The average molecular weight is 691 g/mol. The fourth-order valence-electron chi connectivity index (χ4n) is 7.98. The summed E-state index contributed by atoms with van der Waals surface area (Å²) in [5, 5.41) is 6.81. The second kappa shape index (κ2) is 12.1. The molecular formula is C49H30N4O. The third-order valence-electron chi connectivity index (χ3n) is 10.5. The number of hydrogen-bond donors (Lipinski definition) is 0. The lowest BCUT2D eigenvalue weighted by atomic mass is 10.00. The van der Waals surface area contributed by atoms with Crippen LogP contribution < -0.4 is 0 Å². The summed E-state index contributed by atoms with van der Waals surface area (Å²) >= 11 is 0. The molecule has 0 saturated carbocycles. The molecule has 0 bridgehead atoms. The normalized spacial score (nSPS) is 11.7. The number of furan rings is 1. The van der Waals surface area contributed by atoms with Gasteiger partial charge < -0.3 is 8.98 Å². The summed E-state index contributed by atoms with van der Waals surface area (Å²) in [6.07, 6.45) is 0. The molecule has 0 spiro atoms. The molecule has 0 N–H and O–H groups in total. The maximum Gasteiger partial charge on any atom is 0.164 e. The molecule has 0 unspecified atom stereocenters. The maximum absolute atomic E-state index is 6.45. The van der Waals surface area contributed by atoms with Gasteiger partial charge >= 0.3 is 0 Å². The Kier molecular flexibility index (Phi) is 6.79. The number of aromatic nitrogens is 4. The first kappa shape index (κ1) is 30.3. The van der Waals surface area contributed by atoms with Gasteiger partial charge in [-0.15, -0.1) is 0 Å². The zero-order chi connectivity index (χ0) is 35.6. The Hall–Kier alpha value is -7.37. The molecule has 0 saturated heterocycles. The number of nitrogens with zero attached hydrogens (tertiary/aromatic N) is 4. The molecule has 0 aliphatic carbocycles. The quantitative estimate of drug-likeness (QED) is 0.180. The number of para-hydroxylation sites is 3. The van der Waals surface area contributed by atoms with Gasteiger partial charge in [0.25, 0.3) is 0 Å². The fourth-order valence-corrected chi connectivity index (χ4v) is 7.98. The highest BCUT2D eigenvalue weighted by Crippen LogP contribution is 2.41. The van der Waals surface area contributed by atoms with E-state index in [1.54, 1.807) is 0 Å². The number of benzene rings is 8. The monoisotopic (exact) mass is 690 g/mol. The van der Waals surface area contributed by atoms with Gasteiger partial charge in [-0.2, -0.15) is 0 Å². The van der Waals surface area contributed by atoms with Crippen molar-refractivity contribution < 1.29 is 4.42 Å². The number of fused-ring (bicyclic) bond motifs is 7. The Labute approximate surface area is 310 Å². The van der Waals surface area contributed by atoms with E-state index >= 15 is 0 Å². The largest absolute Gasteiger partial charge is 0.455 e. The molecule has 5 heteroatoms. The summed E-state index contributed by atoms with van der Waals surface area (Å²) < 4.78 is 8.84. The molecule has 0 aliphatic rings. The van der Waals surface area contributed by atoms with E-state index in [1.165, 1.54) is 10.8 Å². The molecule has 252 valence electrons. The molecule has 0 radical (unpaired) electrons. The Morgan fingerprint density at radius 2 is 0.944 bits per heavy atom. The molecule has 8 aromatic carbocycles. The predicted molar refractivity (Wildman–Crippen MR) is 221 cm³/mol. The minimum absolute atomic E-state index is 0.636. The predicted octanol–water partition coefficient (Wildman–Crippen LogP) is 12.7. The average Bonchev–Trinajstić information content (AvgIpc) is 3.79. The highest BCUT2D eigenvalue weighted by molar-refractivity contribution is 6.14. The third kappa shape index (κ3) is 4.76. The zero-order valence-electron chi connectivity index (χ0n) is 29.0. The van der Waals surface area contributed by atoms with Gasteiger partial charge in [0.15, 0.2) is 17.5 Å². The molecule has 5 nitrogen and oxygen atoms in total. The van der Waals surface area contributed by atoms with Crippen LogP contribution >= 0.6 is 0 Å². The summed E-state index contributed by atoms with van der Waals surface area (Å²) in [5.41, 5.74) is 10.2. The van der Waals surface area contributed by atoms with Crippen LogP contribution in [0, 0.1) is 0 Å². The lowest BCUT2D eigenvalue weighted by Crippen LogP contribution is -2.01. The lowest BCUT2D eigenvalue weighted by Gasteiger charge is -2.15. The van der Waals surface area contributed by atoms with Gasteiger partial charge in [0.05, 0.1) is 16.7 Å². The van der Waals surface area contributed by atoms with Gasteiger partial charge in [-0.25, -0.2) is 15.0 Å². The second-order valence-electron chi connectivity index (χ2n) is 13.6. The topological polar surface area (TPSA) is 56.7 Å². The minimum Gasteiger partial charge on any atom is -0.455 e. The van der Waals surface area contributed by atoms with Crippen LogP contribution in [0.3, 0.4) is 0 Å². The van der Waals surface area contributed by atoms with E-state index in [1.807, 2.05) is 72.8 Å². The Morgan fingerprint density at radius 1 is 0.352 bits per heavy atom. The molecule has 11 aromatic rings. The summed E-state index contributed by atoms with van der Waals surface area (Å²) in [6, 6.07) is 63.3. The van der Waals surface area contributed by atoms with E-state index in [-0.39, 0.29) is 0 Å². The first-order valence-corrected chi connectivity index (χ1v) is 18.1. The van der Waals surface area contributed by atoms with Gasteiger partial charge in [-0.05, 0) is 47.3 Å². The van der Waals surface area contributed by atoms with Gasteiger partial charge in [-0.1, -0.05) is 146 Å². The van der Waals surface area contributed by atoms with Crippen molar-refractivity contribution in [3.05, 3.63) is 182 Å². The standard InChI is InChI=1S/C49H30N4O/c1-3-14-31(15-4-1)47-50-48(32-16-5-2-6-17-32)52-49(51-47)40-27-29-43(36-19-8-7-18-35(36)40)53-42-24-11-9-20-37(42)41-30-33(26-28-44(41)53)34-22-13-23-39-38-21-10-12-25-45(38)54-46(34)39/h1-30H. The van der Waals surface area contributed by atoms with E-state index in [9.17, 15) is 0 Å². The Bertz CT molecular complexity index is 3160. The highest BCUT2D eigenvalue weighted by Gasteiger charge is 2.20. The van der Waals surface area contributed by atoms with E-state index in [4.69, 9.17) is 19.4 Å². The van der Waals surface area contributed by atoms with E-state index in [0.717, 1.165) is 77.2 Å². The van der Waals surface area contributed by atoms with E-state index < -0.39 is 0 Å². The van der Waals surface area contributed by atoms with Crippen LogP contribution in [0.4, 0.5) is 0 Å². The van der Waals surface area contributed by atoms with Crippen LogP contribution in [-0.4, -0.2) is 19.5 Å². The third-order valence-corrected chi connectivity index (χ3v) is 10.5. The molecule has 54 heavy (non-hydrogen) atoms. The van der Waals surface area contributed by atoms with Crippen molar-refractivity contribution in [3.63, 3.8) is 0 Å². The Balaban J connectivity index is 1.11. The van der Waals surface area contributed by atoms with Crippen molar-refractivity contribution in [2.75, 3.05) is 0 Å². The molecule has 3 aromatic heterocycles. The van der Waals surface area contributed by atoms with Crippen LogP contribution in [0.15, 0.2) is 186 Å². The van der Waals surface area contributed by atoms with E-state index in [2.05, 4.69) is 114 Å². The van der Waals surface area contributed by atoms with Gasteiger partial charge in [0.2, 0.25) is 0 Å². The summed E-state index contributed by atoms with van der Waals surface area (Å²) in [5.74, 6) is 1.92. The number of rotatable bonds is 5. The van der Waals surface area contributed by atoms with Crippen LogP contribution in [-0.2, 0) is 0 Å². The van der Waals surface area contributed by atoms with Crippen molar-refractivity contribution in [3.8, 4) is 51.0 Å². The summed E-state index contributed by atoms with van der Waals surface area (Å²) in [6.45, 7) is 0. The van der Waals surface area contributed by atoms with Crippen molar-refractivity contribution in [1.82, 2.24) is 19.5 Å². The van der Waals surface area contributed by atoms with Crippen molar-refractivity contribution in [2.45, 2.75) is 0 Å². The summed E-state index contributed by atoms with van der Waals surface area (Å²) in [4.78, 5) is 15.1. The minimum atomic E-state index is 0.636. The molecule has 0 atom stereocenters. The van der Waals surface area contributed by atoms with Crippen molar-refractivity contribution in [1.29, 1.82) is 0 Å².